The number of rotatable bonds is 1. The summed E-state index contributed by atoms with van der Waals surface area (Å²) in [4.78, 5) is 13.5. The second-order valence-electron chi connectivity index (χ2n) is 3.06. The summed E-state index contributed by atoms with van der Waals surface area (Å²) in [5, 5.41) is 0.784. The van der Waals surface area contributed by atoms with Crippen LogP contribution in [0.3, 0.4) is 0 Å². The number of benzene rings is 1. The summed E-state index contributed by atoms with van der Waals surface area (Å²) in [5.74, 6) is -0.387. The average molecular weight is 192 g/mol. The van der Waals surface area contributed by atoms with Gasteiger partial charge in [-0.05, 0) is 23.6 Å². The van der Waals surface area contributed by atoms with Crippen molar-refractivity contribution in [3.63, 3.8) is 0 Å². The quantitative estimate of drug-likeness (QED) is 0.711. The van der Waals surface area contributed by atoms with Crippen molar-refractivity contribution >= 4 is 10.9 Å². The summed E-state index contributed by atoms with van der Waals surface area (Å²) in [5.41, 5.74) is 6.06. The van der Waals surface area contributed by atoms with Gasteiger partial charge in [-0.1, -0.05) is 0 Å². The normalized spacial score (nSPS) is 10.7. The zero-order chi connectivity index (χ0) is 10.1. The molecule has 0 unspecified atom stereocenters. The Kier molecular flexibility index (Phi) is 2.05. The molecule has 0 saturated heterocycles. The summed E-state index contributed by atoms with van der Waals surface area (Å²) < 4.78 is 13.2. The van der Waals surface area contributed by atoms with Crippen LogP contribution in [0.4, 0.5) is 4.39 Å². The minimum atomic E-state index is -0.387. The molecule has 72 valence electrons. The number of hydrogen-bond acceptors (Lipinski definition) is 2. The predicted octanol–water partition coefficient (Wildman–Crippen LogP) is 1.13. The zero-order valence-corrected chi connectivity index (χ0v) is 7.38. The smallest absolute Gasteiger partial charge is 0.248 e. The van der Waals surface area contributed by atoms with Crippen LogP contribution >= 0.6 is 0 Å². The molecular weight excluding hydrogens is 183 g/mol. The molecule has 0 atom stereocenters. The van der Waals surface area contributed by atoms with Crippen molar-refractivity contribution in [2.75, 3.05) is 0 Å². The van der Waals surface area contributed by atoms with Crippen LogP contribution < -0.4 is 11.3 Å². The molecule has 1 aromatic carbocycles. The molecule has 0 aliphatic heterocycles. The van der Waals surface area contributed by atoms with Gasteiger partial charge in [-0.15, -0.1) is 0 Å². The molecule has 3 N–H and O–H groups in total. The second-order valence-corrected chi connectivity index (χ2v) is 3.06. The fraction of sp³-hybridized carbons (Fsp3) is 0.100. The molecule has 1 heterocycles. The molecular formula is C10H9FN2O. The van der Waals surface area contributed by atoms with Crippen LogP contribution in [0, 0.1) is 5.82 Å². The van der Waals surface area contributed by atoms with Gasteiger partial charge in [-0.3, -0.25) is 4.79 Å². The van der Waals surface area contributed by atoms with Gasteiger partial charge in [-0.2, -0.15) is 0 Å². The molecule has 1 aromatic heterocycles. The minimum absolute atomic E-state index is 0.154. The van der Waals surface area contributed by atoms with E-state index in [2.05, 4.69) is 4.98 Å². The Balaban J connectivity index is 2.79. The van der Waals surface area contributed by atoms with Crippen molar-refractivity contribution in [1.82, 2.24) is 4.98 Å². The molecule has 2 rings (SSSR count). The van der Waals surface area contributed by atoms with E-state index in [1.807, 2.05) is 0 Å². The summed E-state index contributed by atoms with van der Waals surface area (Å²) in [6.07, 6.45) is 0. The highest BCUT2D eigenvalue weighted by molar-refractivity contribution is 5.79. The average Bonchev–Trinajstić information content (AvgIpc) is 2.16. The Morgan fingerprint density at radius 2 is 2.14 bits per heavy atom. The van der Waals surface area contributed by atoms with Crippen molar-refractivity contribution in [3.8, 4) is 0 Å². The van der Waals surface area contributed by atoms with Gasteiger partial charge in [0.05, 0.1) is 5.52 Å². The number of H-pyrrole nitrogens is 1. The molecule has 4 heteroatoms. The third-order valence-electron chi connectivity index (χ3n) is 2.11. The number of nitrogens with one attached hydrogen (secondary N) is 1. The van der Waals surface area contributed by atoms with E-state index in [4.69, 9.17) is 5.73 Å². The molecule has 3 nitrogen and oxygen atoms in total. The molecule has 0 aliphatic carbocycles. The van der Waals surface area contributed by atoms with Crippen LogP contribution in [0.2, 0.25) is 0 Å². The molecule has 0 aliphatic rings. The van der Waals surface area contributed by atoms with Crippen LogP contribution in [-0.2, 0) is 6.54 Å². The topological polar surface area (TPSA) is 58.9 Å². The number of fused-ring (bicyclic) bond motifs is 1. The van der Waals surface area contributed by atoms with Crippen molar-refractivity contribution in [2.24, 2.45) is 5.73 Å². The van der Waals surface area contributed by atoms with Crippen molar-refractivity contribution in [3.05, 3.63) is 46.0 Å². The number of halogens is 1. The van der Waals surface area contributed by atoms with E-state index in [-0.39, 0.29) is 17.9 Å². The number of pyridine rings is 1. The Hall–Kier alpha value is -1.68. The Labute approximate surface area is 79.4 Å². The second kappa shape index (κ2) is 3.23. The first kappa shape index (κ1) is 8.90. The Morgan fingerprint density at radius 1 is 1.36 bits per heavy atom. The maximum atomic E-state index is 13.2. The van der Waals surface area contributed by atoms with Crippen LogP contribution in [0.15, 0.2) is 29.1 Å². The third-order valence-corrected chi connectivity index (χ3v) is 2.11. The van der Waals surface area contributed by atoms with E-state index in [1.54, 1.807) is 12.1 Å². The lowest BCUT2D eigenvalue weighted by molar-refractivity contribution is 0.612. The van der Waals surface area contributed by atoms with Gasteiger partial charge in [0, 0.05) is 18.2 Å². The van der Waals surface area contributed by atoms with Gasteiger partial charge < -0.3 is 10.7 Å². The molecule has 2 aromatic rings. The van der Waals surface area contributed by atoms with Crippen LogP contribution in [-0.4, -0.2) is 4.98 Å². The van der Waals surface area contributed by atoms with Gasteiger partial charge in [0.2, 0.25) is 5.56 Å². The third kappa shape index (κ3) is 1.40. The largest absolute Gasteiger partial charge is 0.326 e. The number of nitrogens with two attached hydrogens (primary N) is 1. The van der Waals surface area contributed by atoms with E-state index in [0.717, 1.165) is 5.39 Å². The monoisotopic (exact) mass is 192 g/mol. The summed E-state index contributed by atoms with van der Waals surface area (Å²) in [7, 11) is 0. The molecule has 0 amide bonds. The predicted molar refractivity (Wildman–Crippen MR) is 52.4 cm³/mol. The molecule has 0 radical (unpaired) electrons. The summed E-state index contributed by atoms with van der Waals surface area (Å²) in [6.45, 7) is 0.154. The van der Waals surface area contributed by atoms with Crippen molar-refractivity contribution < 1.29 is 4.39 Å². The molecule has 14 heavy (non-hydrogen) atoms. The van der Waals surface area contributed by atoms with E-state index in [0.29, 0.717) is 11.1 Å². The van der Waals surface area contributed by atoms with Crippen molar-refractivity contribution in [1.29, 1.82) is 0 Å². The van der Waals surface area contributed by atoms with Gasteiger partial charge >= 0.3 is 0 Å². The lowest BCUT2D eigenvalue weighted by atomic mass is 10.1. The first-order valence-corrected chi connectivity index (χ1v) is 4.22. The number of aromatic amines is 1. The summed E-state index contributed by atoms with van der Waals surface area (Å²) in [6, 6.07) is 5.98. The molecule has 0 saturated carbocycles. The maximum absolute atomic E-state index is 13.2. The highest BCUT2D eigenvalue weighted by Crippen LogP contribution is 2.15. The standard InChI is InChI=1S/C10H9FN2O/c11-8-4-9-6(3-7(8)5-12)1-2-10(14)13-9/h1-4H,5,12H2,(H,13,14). The zero-order valence-electron chi connectivity index (χ0n) is 7.38. The first-order valence-electron chi connectivity index (χ1n) is 4.22. The maximum Gasteiger partial charge on any atom is 0.248 e. The van der Waals surface area contributed by atoms with Crippen LogP contribution in [0.5, 0.6) is 0 Å². The van der Waals surface area contributed by atoms with E-state index < -0.39 is 0 Å². The minimum Gasteiger partial charge on any atom is -0.326 e. The van der Waals surface area contributed by atoms with Gasteiger partial charge in [0.1, 0.15) is 5.82 Å². The number of hydrogen-bond donors (Lipinski definition) is 2. The SMILES string of the molecule is NCc1cc2ccc(=O)[nH]c2cc1F. The van der Waals surface area contributed by atoms with E-state index >= 15 is 0 Å². The fourth-order valence-corrected chi connectivity index (χ4v) is 1.38. The lowest BCUT2D eigenvalue weighted by Crippen LogP contribution is -2.05. The molecule has 0 bridgehead atoms. The van der Waals surface area contributed by atoms with Crippen molar-refractivity contribution in [2.45, 2.75) is 6.54 Å². The molecule has 0 spiro atoms. The van der Waals surface area contributed by atoms with Gasteiger partial charge in [0.25, 0.3) is 0 Å². The fourth-order valence-electron chi connectivity index (χ4n) is 1.38. The highest BCUT2D eigenvalue weighted by atomic mass is 19.1. The highest BCUT2D eigenvalue weighted by Gasteiger charge is 2.03. The molecule has 0 fully saturated rings. The first-order chi connectivity index (χ1) is 6.70. The Bertz CT molecular complexity index is 533. The van der Waals surface area contributed by atoms with Gasteiger partial charge in [0.15, 0.2) is 0 Å². The van der Waals surface area contributed by atoms with E-state index in [9.17, 15) is 9.18 Å². The van der Waals surface area contributed by atoms with Gasteiger partial charge in [-0.25, -0.2) is 4.39 Å². The van der Waals surface area contributed by atoms with Crippen LogP contribution in [0.1, 0.15) is 5.56 Å². The summed E-state index contributed by atoms with van der Waals surface area (Å²) >= 11 is 0. The van der Waals surface area contributed by atoms with Crippen LogP contribution in [0.25, 0.3) is 10.9 Å². The number of aromatic nitrogens is 1. The van der Waals surface area contributed by atoms with E-state index in [1.165, 1.54) is 12.1 Å². The Morgan fingerprint density at radius 3 is 2.86 bits per heavy atom. The lowest BCUT2D eigenvalue weighted by Gasteiger charge is -2.02.